The van der Waals surface area contributed by atoms with Gasteiger partial charge in [0.15, 0.2) is 0 Å². The fraction of sp³-hybridized carbons (Fsp3) is 0.667. The SMILES string of the molecule is CCC1CCC(C(N)C(CC)c2ccccc2)CC1. The summed E-state index contributed by atoms with van der Waals surface area (Å²) < 4.78 is 0. The van der Waals surface area contributed by atoms with E-state index in [1.165, 1.54) is 37.7 Å². The molecule has 2 N–H and O–H groups in total. The van der Waals surface area contributed by atoms with Gasteiger partial charge in [0.25, 0.3) is 0 Å². The Balaban J connectivity index is 1.99. The Bertz CT molecular complexity index is 351. The second-order valence-corrected chi connectivity index (χ2v) is 6.19. The number of hydrogen-bond acceptors (Lipinski definition) is 1. The van der Waals surface area contributed by atoms with E-state index in [-0.39, 0.29) is 0 Å². The van der Waals surface area contributed by atoms with Crippen LogP contribution in [0, 0.1) is 11.8 Å². The molecule has 0 bridgehead atoms. The molecule has 1 saturated carbocycles. The highest BCUT2D eigenvalue weighted by Gasteiger charge is 2.29. The van der Waals surface area contributed by atoms with E-state index in [1.54, 1.807) is 0 Å². The van der Waals surface area contributed by atoms with Crippen LogP contribution in [-0.2, 0) is 0 Å². The first-order valence-electron chi connectivity index (χ1n) is 8.06. The number of nitrogens with two attached hydrogens (primary N) is 1. The summed E-state index contributed by atoms with van der Waals surface area (Å²) in [6.07, 6.45) is 7.95. The van der Waals surface area contributed by atoms with Gasteiger partial charge in [-0.1, -0.05) is 63.4 Å². The average Bonchev–Trinajstić information content (AvgIpc) is 2.49. The van der Waals surface area contributed by atoms with Crippen molar-refractivity contribution in [3.05, 3.63) is 35.9 Å². The van der Waals surface area contributed by atoms with Crippen LogP contribution in [0.4, 0.5) is 0 Å². The van der Waals surface area contributed by atoms with E-state index in [1.807, 2.05) is 0 Å². The first-order valence-corrected chi connectivity index (χ1v) is 8.06. The molecular weight excluding hydrogens is 230 g/mol. The van der Waals surface area contributed by atoms with E-state index >= 15 is 0 Å². The van der Waals surface area contributed by atoms with E-state index in [4.69, 9.17) is 5.73 Å². The van der Waals surface area contributed by atoms with Crippen molar-refractivity contribution in [3.63, 3.8) is 0 Å². The monoisotopic (exact) mass is 259 g/mol. The largest absolute Gasteiger partial charge is 0.327 e. The van der Waals surface area contributed by atoms with Crippen LogP contribution in [0.5, 0.6) is 0 Å². The van der Waals surface area contributed by atoms with Crippen LogP contribution in [-0.4, -0.2) is 6.04 Å². The maximum absolute atomic E-state index is 6.62. The lowest BCUT2D eigenvalue weighted by Crippen LogP contribution is -2.38. The normalized spacial score (nSPS) is 26.9. The Morgan fingerprint density at radius 2 is 1.68 bits per heavy atom. The Kier molecular flexibility index (Phi) is 5.45. The van der Waals surface area contributed by atoms with Gasteiger partial charge < -0.3 is 5.73 Å². The minimum Gasteiger partial charge on any atom is -0.327 e. The van der Waals surface area contributed by atoms with E-state index in [9.17, 15) is 0 Å². The average molecular weight is 259 g/mol. The minimum absolute atomic E-state index is 0.338. The minimum atomic E-state index is 0.338. The van der Waals surface area contributed by atoms with Gasteiger partial charge in [-0.2, -0.15) is 0 Å². The van der Waals surface area contributed by atoms with Crippen molar-refractivity contribution in [2.75, 3.05) is 0 Å². The maximum atomic E-state index is 6.62. The van der Waals surface area contributed by atoms with Crippen LogP contribution in [0.15, 0.2) is 30.3 Å². The van der Waals surface area contributed by atoms with Crippen molar-refractivity contribution < 1.29 is 0 Å². The van der Waals surface area contributed by atoms with Crippen molar-refractivity contribution in [1.82, 2.24) is 0 Å². The lowest BCUT2D eigenvalue weighted by Gasteiger charge is -2.35. The molecule has 19 heavy (non-hydrogen) atoms. The highest BCUT2D eigenvalue weighted by atomic mass is 14.7. The molecular formula is C18H29N. The number of benzene rings is 1. The number of rotatable bonds is 5. The molecule has 106 valence electrons. The fourth-order valence-electron chi connectivity index (χ4n) is 3.74. The van der Waals surface area contributed by atoms with Crippen LogP contribution >= 0.6 is 0 Å². The molecule has 1 nitrogen and oxygen atoms in total. The predicted octanol–water partition coefficient (Wildman–Crippen LogP) is 4.72. The highest BCUT2D eigenvalue weighted by Crippen LogP contribution is 2.36. The molecule has 1 aromatic rings. The van der Waals surface area contributed by atoms with Crippen molar-refractivity contribution in [2.24, 2.45) is 17.6 Å². The quantitative estimate of drug-likeness (QED) is 0.813. The third kappa shape index (κ3) is 3.60. The molecule has 2 rings (SSSR count). The molecule has 0 heterocycles. The molecule has 0 spiro atoms. The molecule has 2 atom stereocenters. The van der Waals surface area contributed by atoms with Crippen LogP contribution in [0.3, 0.4) is 0 Å². The summed E-state index contributed by atoms with van der Waals surface area (Å²) in [5.41, 5.74) is 8.05. The summed E-state index contributed by atoms with van der Waals surface area (Å²) in [4.78, 5) is 0. The van der Waals surface area contributed by atoms with Gasteiger partial charge in [-0.25, -0.2) is 0 Å². The Morgan fingerprint density at radius 1 is 1.05 bits per heavy atom. The predicted molar refractivity (Wildman–Crippen MR) is 83.2 cm³/mol. The maximum Gasteiger partial charge on any atom is 0.0136 e. The first kappa shape index (κ1) is 14.6. The smallest absolute Gasteiger partial charge is 0.0136 e. The Labute approximate surface area is 118 Å². The van der Waals surface area contributed by atoms with Gasteiger partial charge in [0.1, 0.15) is 0 Å². The lowest BCUT2D eigenvalue weighted by atomic mass is 9.73. The summed E-state index contributed by atoms with van der Waals surface area (Å²) in [5.74, 6) is 2.22. The zero-order valence-corrected chi connectivity index (χ0v) is 12.5. The van der Waals surface area contributed by atoms with Gasteiger partial charge in [0, 0.05) is 6.04 Å². The molecule has 1 aliphatic rings. The van der Waals surface area contributed by atoms with Gasteiger partial charge in [-0.3, -0.25) is 0 Å². The zero-order valence-electron chi connectivity index (χ0n) is 12.5. The molecule has 0 aromatic heterocycles. The summed E-state index contributed by atoms with van der Waals surface area (Å²) >= 11 is 0. The zero-order chi connectivity index (χ0) is 13.7. The van der Waals surface area contributed by atoms with Crippen molar-refractivity contribution in [3.8, 4) is 0 Å². The molecule has 1 aliphatic carbocycles. The molecule has 0 aliphatic heterocycles. The molecule has 0 saturated heterocycles. The van der Waals surface area contributed by atoms with Gasteiger partial charge >= 0.3 is 0 Å². The summed E-state index contributed by atoms with van der Waals surface area (Å²) in [6.45, 7) is 4.60. The van der Waals surface area contributed by atoms with Crippen LogP contribution in [0.2, 0.25) is 0 Å². The topological polar surface area (TPSA) is 26.0 Å². The third-order valence-electron chi connectivity index (χ3n) is 5.15. The Morgan fingerprint density at radius 3 is 2.21 bits per heavy atom. The van der Waals surface area contributed by atoms with Crippen molar-refractivity contribution in [1.29, 1.82) is 0 Å². The van der Waals surface area contributed by atoms with Gasteiger partial charge in [-0.05, 0) is 42.6 Å². The Hall–Kier alpha value is -0.820. The van der Waals surface area contributed by atoms with Crippen LogP contribution in [0.25, 0.3) is 0 Å². The van der Waals surface area contributed by atoms with Crippen molar-refractivity contribution in [2.45, 2.75) is 64.3 Å². The molecule has 0 amide bonds. The highest BCUT2D eigenvalue weighted by molar-refractivity contribution is 5.21. The molecule has 1 fully saturated rings. The summed E-state index contributed by atoms with van der Waals surface area (Å²) in [7, 11) is 0. The second kappa shape index (κ2) is 7.09. The van der Waals surface area contributed by atoms with Crippen LogP contribution < -0.4 is 5.73 Å². The molecule has 1 aromatic carbocycles. The van der Waals surface area contributed by atoms with Gasteiger partial charge in [0.2, 0.25) is 0 Å². The fourth-order valence-corrected chi connectivity index (χ4v) is 3.74. The standard InChI is InChI=1S/C18H29N/c1-3-14-10-12-16(13-11-14)18(19)17(4-2)15-8-6-5-7-9-15/h5-9,14,16-18H,3-4,10-13,19H2,1-2H3. The van der Waals surface area contributed by atoms with E-state index in [0.717, 1.165) is 18.3 Å². The number of hydrogen-bond donors (Lipinski definition) is 1. The van der Waals surface area contributed by atoms with E-state index in [2.05, 4.69) is 44.2 Å². The summed E-state index contributed by atoms with van der Waals surface area (Å²) in [6, 6.07) is 11.2. The van der Waals surface area contributed by atoms with Gasteiger partial charge in [0.05, 0.1) is 0 Å². The van der Waals surface area contributed by atoms with E-state index < -0.39 is 0 Å². The van der Waals surface area contributed by atoms with Crippen LogP contribution in [0.1, 0.15) is 63.9 Å². The second-order valence-electron chi connectivity index (χ2n) is 6.19. The molecule has 0 radical (unpaired) electrons. The van der Waals surface area contributed by atoms with Crippen molar-refractivity contribution >= 4 is 0 Å². The molecule has 2 unspecified atom stereocenters. The molecule has 1 heteroatoms. The van der Waals surface area contributed by atoms with E-state index in [0.29, 0.717) is 12.0 Å². The summed E-state index contributed by atoms with van der Waals surface area (Å²) in [5, 5.41) is 0. The lowest BCUT2D eigenvalue weighted by molar-refractivity contribution is 0.221. The first-order chi connectivity index (χ1) is 9.26. The third-order valence-corrected chi connectivity index (χ3v) is 5.15. The van der Waals surface area contributed by atoms with Gasteiger partial charge in [-0.15, -0.1) is 0 Å².